The molecular formula is C33H37N5O5S. The summed E-state index contributed by atoms with van der Waals surface area (Å²) < 4.78 is 35.5. The Morgan fingerprint density at radius 1 is 1.05 bits per heavy atom. The quantitative estimate of drug-likeness (QED) is 0.206. The van der Waals surface area contributed by atoms with E-state index in [1.54, 1.807) is 36.0 Å². The van der Waals surface area contributed by atoms with Crippen molar-refractivity contribution < 1.29 is 22.7 Å². The van der Waals surface area contributed by atoms with Gasteiger partial charge >= 0.3 is 5.97 Å². The summed E-state index contributed by atoms with van der Waals surface area (Å²) in [5.74, 6) is -1.03. The largest absolute Gasteiger partial charge is 0.466 e. The molecule has 11 heteroatoms. The van der Waals surface area contributed by atoms with Crippen LogP contribution >= 0.6 is 0 Å². The van der Waals surface area contributed by atoms with Crippen LogP contribution in [0.25, 0.3) is 23.0 Å². The number of aromatic nitrogens is 2. The number of benzene rings is 2. The first-order chi connectivity index (χ1) is 21.3. The van der Waals surface area contributed by atoms with Gasteiger partial charge < -0.3 is 10.1 Å². The van der Waals surface area contributed by atoms with E-state index in [2.05, 4.69) is 5.32 Å². The van der Waals surface area contributed by atoms with Gasteiger partial charge in [0, 0.05) is 36.5 Å². The van der Waals surface area contributed by atoms with E-state index < -0.39 is 15.9 Å². The fraction of sp³-hybridized carbons (Fsp3) is 0.394. The van der Waals surface area contributed by atoms with E-state index in [1.165, 1.54) is 16.4 Å². The van der Waals surface area contributed by atoms with E-state index in [4.69, 9.17) is 9.84 Å². The summed E-state index contributed by atoms with van der Waals surface area (Å²) in [4.78, 5) is 25.3. The number of carbonyl (C=O) groups excluding carboxylic acids is 2. The summed E-state index contributed by atoms with van der Waals surface area (Å²) >= 11 is 0. The molecule has 0 atom stereocenters. The Labute approximate surface area is 258 Å². The van der Waals surface area contributed by atoms with E-state index in [1.807, 2.05) is 36.4 Å². The molecule has 0 bridgehead atoms. The van der Waals surface area contributed by atoms with Gasteiger partial charge in [-0.15, -0.1) is 0 Å². The van der Waals surface area contributed by atoms with Crippen molar-refractivity contribution in [1.29, 1.82) is 5.26 Å². The zero-order chi connectivity index (χ0) is 31.1. The zero-order valence-corrected chi connectivity index (χ0v) is 25.6. The van der Waals surface area contributed by atoms with E-state index in [0.717, 1.165) is 37.8 Å². The van der Waals surface area contributed by atoms with Crippen molar-refractivity contribution in [1.82, 2.24) is 19.4 Å². The van der Waals surface area contributed by atoms with Crippen molar-refractivity contribution in [3.63, 3.8) is 0 Å². The number of nitriles is 1. The van der Waals surface area contributed by atoms with Crippen LogP contribution in [0.5, 0.6) is 0 Å². The van der Waals surface area contributed by atoms with E-state index >= 15 is 0 Å². The molecule has 1 aliphatic carbocycles. The average molecular weight is 616 g/mol. The number of piperidine rings is 1. The summed E-state index contributed by atoms with van der Waals surface area (Å²) in [6.07, 6.45) is 9.07. The second kappa shape index (κ2) is 14.0. The molecule has 2 aliphatic rings. The first-order valence-corrected chi connectivity index (χ1v) is 16.6. The van der Waals surface area contributed by atoms with E-state index in [-0.39, 0.29) is 41.5 Å². The number of sulfonamides is 1. The molecule has 230 valence electrons. The number of amides is 1. The second-order valence-electron chi connectivity index (χ2n) is 11.1. The van der Waals surface area contributed by atoms with Gasteiger partial charge in [-0.25, -0.2) is 13.1 Å². The lowest BCUT2D eigenvalue weighted by Crippen LogP contribution is -2.40. The van der Waals surface area contributed by atoms with Gasteiger partial charge in [0.05, 0.1) is 23.1 Å². The van der Waals surface area contributed by atoms with Gasteiger partial charge in [-0.3, -0.25) is 9.59 Å². The zero-order valence-electron chi connectivity index (χ0n) is 24.8. The summed E-state index contributed by atoms with van der Waals surface area (Å²) in [5.41, 5.74) is 2.20. The highest BCUT2D eigenvalue weighted by atomic mass is 32.2. The third-order valence-electron chi connectivity index (χ3n) is 8.19. The van der Waals surface area contributed by atoms with E-state index in [9.17, 15) is 23.3 Å². The summed E-state index contributed by atoms with van der Waals surface area (Å²) in [6, 6.07) is 18.0. The lowest BCUT2D eigenvalue weighted by atomic mass is 9.95. The van der Waals surface area contributed by atoms with Crippen molar-refractivity contribution in [3.8, 4) is 23.0 Å². The molecule has 1 aliphatic heterocycles. The van der Waals surface area contributed by atoms with Crippen LogP contribution in [0.1, 0.15) is 57.4 Å². The Hall–Kier alpha value is -4.27. The van der Waals surface area contributed by atoms with Crippen LogP contribution in [0.2, 0.25) is 0 Å². The molecule has 1 amide bonds. The molecule has 10 nitrogen and oxygen atoms in total. The van der Waals surface area contributed by atoms with Gasteiger partial charge in [0.2, 0.25) is 10.0 Å². The van der Waals surface area contributed by atoms with Crippen molar-refractivity contribution >= 4 is 28.0 Å². The summed E-state index contributed by atoms with van der Waals surface area (Å²) in [7, 11) is -3.85. The maximum atomic E-state index is 13.7. The van der Waals surface area contributed by atoms with Gasteiger partial charge in [-0.05, 0) is 62.9 Å². The highest BCUT2D eigenvalue weighted by Gasteiger charge is 2.33. The molecule has 1 saturated heterocycles. The van der Waals surface area contributed by atoms with Crippen LogP contribution < -0.4 is 5.32 Å². The lowest BCUT2D eigenvalue weighted by molar-refractivity contribution is -0.149. The molecule has 2 aromatic carbocycles. The highest BCUT2D eigenvalue weighted by Crippen LogP contribution is 2.30. The minimum Gasteiger partial charge on any atom is -0.466 e. The number of hydrogen-bond acceptors (Lipinski definition) is 7. The standard InChI is InChI=1S/C33H37N5O5S/c1-2-43-33(40)24-16-18-37(19-17-24)44(41,42)30-15-9-10-25(21-30)31-27(23-38(36-31)29-13-7-4-8-14-29)20-26(22-34)32(39)35-28-11-5-3-6-12-28/h4,7-10,13-15,20-21,23-24,28H,2-3,5-6,11-12,16-19H2,1H3,(H,35,39)/b26-20-. The predicted octanol–water partition coefficient (Wildman–Crippen LogP) is 4.86. The lowest BCUT2D eigenvalue weighted by Gasteiger charge is -2.30. The normalized spacial score (nSPS) is 17.1. The van der Waals surface area contributed by atoms with Gasteiger partial charge in [0.25, 0.3) is 5.91 Å². The van der Waals surface area contributed by atoms with Gasteiger partial charge in [0.1, 0.15) is 17.3 Å². The van der Waals surface area contributed by atoms with Crippen LogP contribution in [-0.2, 0) is 24.3 Å². The molecule has 2 fully saturated rings. The Morgan fingerprint density at radius 2 is 1.77 bits per heavy atom. The number of nitrogens with zero attached hydrogens (tertiary/aromatic N) is 4. The number of esters is 1. The fourth-order valence-electron chi connectivity index (χ4n) is 5.79. The van der Waals surface area contributed by atoms with Gasteiger partial charge in [0.15, 0.2) is 0 Å². The van der Waals surface area contributed by atoms with Crippen molar-refractivity contribution in [2.24, 2.45) is 5.92 Å². The number of rotatable bonds is 9. The van der Waals surface area contributed by atoms with Crippen molar-refractivity contribution in [3.05, 3.63) is 71.9 Å². The Morgan fingerprint density at radius 3 is 2.45 bits per heavy atom. The fourth-order valence-corrected chi connectivity index (χ4v) is 7.31. The molecule has 1 N–H and O–H groups in total. The third-order valence-corrected chi connectivity index (χ3v) is 10.1. The summed E-state index contributed by atoms with van der Waals surface area (Å²) in [6.45, 7) is 2.48. The first kappa shape index (κ1) is 31.2. The Bertz CT molecular complexity index is 1660. The third kappa shape index (κ3) is 7.09. The monoisotopic (exact) mass is 615 g/mol. The molecule has 1 saturated carbocycles. The van der Waals surface area contributed by atoms with Crippen LogP contribution in [-0.4, -0.2) is 60.1 Å². The number of para-hydroxylation sites is 1. The highest BCUT2D eigenvalue weighted by molar-refractivity contribution is 7.89. The maximum Gasteiger partial charge on any atom is 0.309 e. The SMILES string of the molecule is CCOC(=O)C1CCN(S(=O)(=O)c2cccc(-c3nn(-c4ccccc4)cc3/C=C(/C#N)C(=O)NC3CCCCC3)c2)CC1. The molecule has 44 heavy (non-hydrogen) atoms. The predicted molar refractivity (Wildman–Crippen MR) is 166 cm³/mol. The molecule has 0 radical (unpaired) electrons. The van der Waals surface area contributed by atoms with Gasteiger partial charge in [-0.2, -0.15) is 14.7 Å². The average Bonchev–Trinajstić information content (AvgIpc) is 3.48. The molecular weight excluding hydrogens is 578 g/mol. The second-order valence-corrected chi connectivity index (χ2v) is 13.1. The van der Waals surface area contributed by atoms with Gasteiger partial charge in [-0.1, -0.05) is 49.6 Å². The topological polar surface area (TPSA) is 134 Å². The number of hydrogen-bond donors (Lipinski definition) is 1. The van der Waals surface area contributed by atoms with Crippen LogP contribution in [0, 0.1) is 17.2 Å². The number of ether oxygens (including phenoxy) is 1. The smallest absolute Gasteiger partial charge is 0.309 e. The van der Waals surface area contributed by atoms with Crippen LogP contribution in [0.3, 0.4) is 0 Å². The molecule has 3 aromatic rings. The molecule has 5 rings (SSSR count). The maximum absolute atomic E-state index is 13.7. The van der Waals surface area contributed by atoms with E-state index in [0.29, 0.717) is 36.3 Å². The molecule has 0 spiro atoms. The number of nitrogens with one attached hydrogen (secondary N) is 1. The minimum atomic E-state index is -3.85. The Kier molecular flexibility index (Phi) is 9.92. The van der Waals surface area contributed by atoms with Crippen LogP contribution in [0.15, 0.2) is 71.3 Å². The molecule has 1 aromatic heterocycles. The minimum absolute atomic E-state index is 0.0438. The number of carbonyl (C=O) groups is 2. The summed E-state index contributed by atoms with van der Waals surface area (Å²) in [5, 5.41) is 17.7. The molecule has 0 unspecified atom stereocenters. The molecule has 2 heterocycles. The Balaban J connectivity index is 1.46. The van der Waals surface area contributed by atoms with Crippen LogP contribution in [0.4, 0.5) is 0 Å². The van der Waals surface area contributed by atoms with Crippen molar-refractivity contribution in [2.45, 2.75) is 62.8 Å². The first-order valence-electron chi connectivity index (χ1n) is 15.1. The van der Waals surface area contributed by atoms with Crippen molar-refractivity contribution in [2.75, 3.05) is 19.7 Å².